The average molecular weight is 169 g/mol. The van der Waals surface area contributed by atoms with E-state index in [0.29, 0.717) is 11.8 Å². The number of hydrogen-bond donors (Lipinski definition) is 1. The van der Waals surface area contributed by atoms with Crippen LogP contribution in [-0.4, -0.2) is 11.2 Å². The fraction of sp³-hybridized carbons (Fsp3) is 0.727. The van der Waals surface area contributed by atoms with Crippen molar-refractivity contribution in [3.8, 4) is 0 Å². The second-order valence-corrected chi connectivity index (χ2v) is 3.71. The van der Waals surface area contributed by atoms with Crippen molar-refractivity contribution in [1.29, 1.82) is 0 Å². The van der Waals surface area contributed by atoms with Gasteiger partial charge in [-0.3, -0.25) is 0 Å². The summed E-state index contributed by atoms with van der Waals surface area (Å²) in [5.74, 6) is 0.951. The van der Waals surface area contributed by atoms with E-state index in [1.165, 1.54) is 0 Å². The van der Waals surface area contributed by atoms with Crippen LogP contribution >= 0.6 is 0 Å². The van der Waals surface area contributed by atoms with Gasteiger partial charge in [0.1, 0.15) is 5.92 Å². The molecule has 0 saturated carbocycles. The molecule has 1 nitrogen and oxygen atoms in total. The lowest BCUT2D eigenvalue weighted by molar-refractivity contribution is 0.160. The zero-order valence-electron chi connectivity index (χ0n) is 8.46. The van der Waals surface area contributed by atoms with Gasteiger partial charge in [-0.1, -0.05) is 13.0 Å². The Hall–Kier alpha value is -0.430. The maximum absolute atomic E-state index is 9.13. The van der Waals surface area contributed by atoms with Crippen molar-refractivity contribution in [3.05, 3.63) is 19.1 Å². The second-order valence-electron chi connectivity index (χ2n) is 3.71. The molecule has 0 aliphatic rings. The quantitative estimate of drug-likeness (QED) is 0.495. The fourth-order valence-corrected chi connectivity index (χ4v) is 1.55. The molecular formula is C11H21O+. The van der Waals surface area contributed by atoms with E-state index in [-0.39, 0.29) is 6.10 Å². The zero-order chi connectivity index (χ0) is 9.56. The Kier molecular flexibility index (Phi) is 5.91. The van der Waals surface area contributed by atoms with Gasteiger partial charge in [0.15, 0.2) is 0 Å². The first kappa shape index (κ1) is 11.6. The highest BCUT2D eigenvalue weighted by Gasteiger charge is 2.12. The molecule has 3 unspecified atom stereocenters. The van der Waals surface area contributed by atoms with Gasteiger partial charge in [0.25, 0.3) is 0 Å². The van der Waals surface area contributed by atoms with Crippen molar-refractivity contribution in [2.75, 3.05) is 0 Å². The third kappa shape index (κ3) is 6.29. The highest BCUT2D eigenvalue weighted by Crippen LogP contribution is 2.17. The van der Waals surface area contributed by atoms with E-state index in [2.05, 4.69) is 19.9 Å². The van der Waals surface area contributed by atoms with Crippen molar-refractivity contribution in [1.82, 2.24) is 0 Å². The largest absolute Gasteiger partial charge is 0.393 e. The van der Waals surface area contributed by atoms with E-state index >= 15 is 0 Å². The molecule has 0 saturated heterocycles. The maximum Gasteiger partial charge on any atom is 0.114 e. The summed E-state index contributed by atoms with van der Waals surface area (Å²) < 4.78 is 0. The smallest absolute Gasteiger partial charge is 0.114 e. The lowest BCUT2D eigenvalue weighted by Gasteiger charge is -2.12. The van der Waals surface area contributed by atoms with Crippen LogP contribution in [0.15, 0.2) is 12.2 Å². The Labute approximate surface area is 76.5 Å². The fourth-order valence-electron chi connectivity index (χ4n) is 1.55. The molecule has 0 aliphatic carbocycles. The first-order valence-corrected chi connectivity index (χ1v) is 4.70. The van der Waals surface area contributed by atoms with E-state index in [1.54, 1.807) is 0 Å². The molecule has 0 fully saturated rings. The zero-order valence-corrected chi connectivity index (χ0v) is 8.46. The SMILES string of the molecule is [CH2+]C(/C=C\C)CC(C)CC(C)O. The molecule has 0 aromatic rings. The molecule has 0 heterocycles. The van der Waals surface area contributed by atoms with Gasteiger partial charge in [-0.05, 0) is 38.7 Å². The Balaban J connectivity index is 3.60. The summed E-state index contributed by atoms with van der Waals surface area (Å²) in [5.41, 5.74) is 0. The minimum absolute atomic E-state index is 0.183. The summed E-state index contributed by atoms with van der Waals surface area (Å²) in [6.45, 7) is 10.0. The highest BCUT2D eigenvalue weighted by molar-refractivity contribution is 4.87. The van der Waals surface area contributed by atoms with Gasteiger partial charge in [0.05, 0.1) is 13.0 Å². The topological polar surface area (TPSA) is 20.2 Å². The van der Waals surface area contributed by atoms with Crippen LogP contribution in [0.25, 0.3) is 0 Å². The summed E-state index contributed by atoms with van der Waals surface area (Å²) in [7, 11) is 0. The molecule has 1 N–H and O–H groups in total. The average Bonchev–Trinajstić information content (AvgIpc) is 1.84. The van der Waals surface area contributed by atoms with E-state index in [0.717, 1.165) is 12.8 Å². The Bertz CT molecular complexity index is 127. The van der Waals surface area contributed by atoms with Crippen LogP contribution in [0.1, 0.15) is 33.6 Å². The second kappa shape index (κ2) is 6.13. The van der Waals surface area contributed by atoms with Crippen molar-refractivity contribution >= 4 is 0 Å². The molecule has 1 heteroatoms. The molecule has 0 bridgehead atoms. The van der Waals surface area contributed by atoms with Crippen LogP contribution in [0.4, 0.5) is 0 Å². The lowest BCUT2D eigenvalue weighted by Crippen LogP contribution is -2.09. The van der Waals surface area contributed by atoms with E-state index in [9.17, 15) is 0 Å². The molecule has 0 radical (unpaired) electrons. The molecule has 3 atom stereocenters. The van der Waals surface area contributed by atoms with Gasteiger partial charge in [-0.25, -0.2) is 0 Å². The first-order valence-electron chi connectivity index (χ1n) is 4.70. The standard InChI is InChI=1S/C11H21O/c1-5-6-9(2)7-10(3)8-11(4)12/h5-6,9-12H,2,7-8H2,1,3-4H3/q+1/b6-5-. The van der Waals surface area contributed by atoms with Gasteiger partial charge >= 0.3 is 0 Å². The number of rotatable bonds is 5. The summed E-state index contributed by atoms with van der Waals surface area (Å²) in [4.78, 5) is 0. The van der Waals surface area contributed by atoms with Crippen molar-refractivity contribution < 1.29 is 5.11 Å². The minimum atomic E-state index is -0.183. The van der Waals surface area contributed by atoms with Crippen molar-refractivity contribution in [2.45, 2.75) is 39.7 Å². The third-order valence-electron chi connectivity index (χ3n) is 1.91. The molecule has 0 aliphatic heterocycles. The van der Waals surface area contributed by atoms with Gasteiger partial charge in [0.2, 0.25) is 0 Å². The molecular weight excluding hydrogens is 148 g/mol. The summed E-state index contributed by atoms with van der Waals surface area (Å²) in [6.07, 6.45) is 5.90. The normalized spacial score (nSPS) is 19.3. The van der Waals surface area contributed by atoms with Gasteiger partial charge < -0.3 is 5.11 Å². The molecule has 0 aromatic heterocycles. The summed E-state index contributed by atoms with van der Waals surface area (Å²) in [5, 5.41) is 9.13. The van der Waals surface area contributed by atoms with Crippen LogP contribution < -0.4 is 0 Å². The van der Waals surface area contributed by atoms with Crippen LogP contribution in [0.3, 0.4) is 0 Å². The Morgan fingerprint density at radius 2 is 1.92 bits per heavy atom. The van der Waals surface area contributed by atoms with Crippen molar-refractivity contribution in [2.24, 2.45) is 11.8 Å². The van der Waals surface area contributed by atoms with Gasteiger partial charge in [-0.2, -0.15) is 0 Å². The number of allylic oxidation sites excluding steroid dienone is 2. The molecule has 70 valence electrons. The van der Waals surface area contributed by atoms with Crippen LogP contribution in [0, 0.1) is 18.8 Å². The molecule has 12 heavy (non-hydrogen) atoms. The number of aliphatic hydroxyl groups excluding tert-OH is 1. The Morgan fingerprint density at radius 3 is 2.33 bits per heavy atom. The molecule has 0 aromatic carbocycles. The highest BCUT2D eigenvalue weighted by atomic mass is 16.3. The van der Waals surface area contributed by atoms with Crippen molar-refractivity contribution in [3.63, 3.8) is 0 Å². The Morgan fingerprint density at radius 1 is 1.33 bits per heavy atom. The molecule has 0 spiro atoms. The predicted molar refractivity (Wildman–Crippen MR) is 53.7 cm³/mol. The van der Waals surface area contributed by atoms with E-state index in [4.69, 9.17) is 5.11 Å². The summed E-state index contributed by atoms with van der Waals surface area (Å²) >= 11 is 0. The van der Waals surface area contributed by atoms with Gasteiger partial charge in [0, 0.05) is 0 Å². The van der Waals surface area contributed by atoms with E-state index in [1.807, 2.05) is 19.9 Å². The predicted octanol–water partition coefficient (Wildman–Crippen LogP) is 2.81. The number of hydrogen-bond acceptors (Lipinski definition) is 1. The maximum atomic E-state index is 9.13. The van der Waals surface area contributed by atoms with E-state index < -0.39 is 0 Å². The monoisotopic (exact) mass is 169 g/mol. The molecule has 0 amide bonds. The van der Waals surface area contributed by atoms with Crippen LogP contribution in [0.2, 0.25) is 0 Å². The summed E-state index contributed by atoms with van der Waals surface area (Å²) in [6, 6.07) is 0. The lowest BCUT2D eigenvalue weighted by atomic mass is 9.93. The van der Waals surface area contributed by atoms with Crippen LogP contribution in [0.5, 0.6) is 0 Å². The minimum Gasteiger partial charge on any atom is -0.393 e. The number of aliphatic hydroxyl groups is 1. The third-order valence-corrected chi connectivity index (χ3v) is 1.91. The molecule has 0 rings (SSSR count). The first-order chi connectivity index (χ1) is 5.56. The van der Waals surface area contributed by atoms with Gasteiger partial charge in [-0.15, -0.1) is 0 Å². The van der Waals surface area contributed by atoms with Crippen LogP contribution in [-0.2, 0) is 0 Å².